The number of carbonyl (C=O) groups excluding carboxylic acids is 1. The molecule has 1 heterocycles. The Hall–Kier alpha value is -1.65. The van der Waals surface area contributed by atoms with E-state index in [9.17, 15) is 4.79 Å². The molecule has 0 aliphatic rings. The van der Waals surface area contributed by atoms with E-state index in [1.54, 1.807) is 0 Å². The average molecular weight is 264 g/mol. The van der Waals surface area contributed by atoms with Crippen molar-refractivity contribution in [2.24, 2.45) is 5.92 Å². The van der Waals surface area contributed by atoms with Gasteiger partial charge in [0.1, 0.15) is 5.82 Å². The monoisotopic (exact) mass is 264 g/mol. The van der Waals surface area contributed by atoms with E-state index in [0.29, 0.717) is 17.4 Å². The summed E-state index contributed by atoms with van der Waals surface area (Å²) in [6.45, 7) is 10.2. The zero-order valence-electron chi connectivity index (χ0n) is 12.4. The van der Waals surface area contributed by atoms with E-state index >= 15 is 0 Å². The van der Waals surface area contributed by atoms with Gasteiger partial charge in [-0.05, 0) is 19.3 Å². The van der Waals surface area contributed by atoms with Crippen molar-refractivity contribution in [2.75, 3.05) is 5.73 Å². The van der Waals surface area contributed by atoms with Crippen molar-refractivity contribution in [2.45, 2.75) is 53.0 Å². The van der Waals surface area contributed by atoms with Gasteiger partial charge in [-0.15, -0.1) is 0 Å². The van der Waals surface area contributed by atoms with E-state index in [4.69, 9.17) is 5.73 Å². The molecule has 0 radical (unpaired) electrons. The minimum Gasteiger partial charge on any atom is -0.396 e. The number of nitrogen functional groups attached to an aromatic ring is 1. The third-order valence-electron chi connectivity index (χ3n) is 2.77. The van der Waals surface area contributed by atoms with Crippen LogP contribution in [0.3, 0.4) is 0 Å². The van der Waals surface area contributed by atoms with Crippen molar-refractivity contribution in [3.05, 3.63) is 17.7 Å². The van der Waals surface area contributed by atoms with Gasteiger partial charge in [0.05, 0.1) is 11.9 Å². The predicted octanol–water partition coefficient (Wildman–Crippen LogP) is 2.35. The van der Waals surface area contributed by atoms with Gasteiger partial charge < -0.3 is 11.1 Å². The van der Waals surface area contributed by atoms with E-state index in [1.807, 2.05) is 20.8 Å². The first-order valence-electron chi connectivity index (χ1n) is 6.74. The fraction of sp³-hybridized carbons (Fsp3) is 0.643. The first kappa shape index (κ1) is 15.4. The molecule has 1 rings (SSSR count). The second kappa shape index (κ2) is 6.50. The quantitative estimate of drug-likeness (QED) is 0.855. The van der Waals surface area contributed by atoms with Crippen LogP contribution in [0.15, 0.2) is 6.20 Å². The molecule has 0 aliphatic carbocycles. The zero-order valence-corrected chi connectivity index (χ0v) is 12.4. The minimum atomic E-state index is -0.227. The van der Waals surface area contributed by atoms with Crippen LogP contribution in [-0.4, -0.2) is 21.9 Å². The average Bonchev–Trinajstić information content (AvgIpc) is 2.27. The number of nitrogens with zero attached hydrogens (tertiary/aromatic N) is 2. The first-order chi connectivity index (χ1) is 8.81. The number of hydrogen-bond donors (Lipinski definition) is 2. The first-order valence-corrected chi connectivity index (χ1v) is 6.74. The number of amides is 1. The maximum absolute atomic E-state index is 12.2. The molecule has 1 aromatic rings. The Bertz CT molecular complexity index is 443. The number of hydrogen-bond acceptors (Lipinski definition) is 4. The molecule has 0 saturated carbocycles. The lowest BCUT2D eigenvalue weighted by Crippen LogP contribution is -2.34. The molecule has 0 bridgehead atoms. The Labute approximate surface area is 115 Å². The highest BCUT2D eigenvalue weighted by Gasteiger charge is 2.17. The molecule has 0 aliphatic heterocycles. The van der Waals surface area contributed by atoms with Gasteiger partial charge >= 0.3 is 0 Å². The smallest absolute Gasteiger partial charge is 0.272 e. The van der Waals surface area contributed by atoms with E-state index < -0.39 is 0 Å². The van der Waals surface area contributed by atoms with Crippen LogP contribution >= 0.6 is 0 Å². The number of nitrogens with two attached hydrogens (primary N) is 1. The second-order valence-electron chi connectivity index (χ2n) is 5.69. The summed E-state index contributed by atoms with van der Waals surface area (Å²) >= 11 is 0. The van der Waals surface area contributed by atoms with Gasteiger partial charge in [-0.1, -0.05) is 27.7 Å². The van der Waals surface area contributed by atoms with Gasteiger partial charge in [0.15, 0.2) is 5.69 Å². The van der Waals surface area contributed by atoms with Gasteiger partial charge in [0.25, 0.3) is 5.91 Å². The number of aromatic nitrogens is 2. The maximum Gasteiger partial charge on any atom is 0.272 e. The van der Waals surface area contributed by atoms with Crippen molar-refractivity contribution in [1.29, 1.82) is 0 Å². The van der Waals surface area contributed by atoms with Crippen LogP contribution in [0.4, 0.5) is 5.69 Å². The van der Waals surface area contributed by atoms with Crippen molar-refractivity contribution in [1.82, 2.24) is 15.3 Å². The Morgan fingerprint density at radius 2 is 1.95 bits per heavy atom. The van der Waals surface area contributed by atoms with E-state index in [0.717, 1.165) is 6.42 Å². The van der Waals surface area contributed by atoms with Crippen LogP contribution in [-0.2, 0) is 0 Å². The van der Waals surface area contributed by atoms with Gasteiger partial charge in [-0.3, -0.25) is 4.79 Å². The van der Waals surface area contributed by atoms with Crippen LogP contribution in [0.5, 0.6) is 0 Å². The zero-order chi connectivity index (χ0) is 14.6. The third kappa shape index (κ3) is 4.50. The van der Waals surface area contributed by atoms with E-state index in [1.165, 1.54) is 6.20 Å². The second-order valence-corrected chi connectivity index (χ2v) is 5.69. The van der Waals surface area contributed by atoms with Crippen LogP contribution in [0.1, 0.15) is 63.3 Å². The number of anilines is 1. The Kier molecular flexibility index (Phi) is 5.27. The van der Waals surface area contributed by atoms with Crippen LogP contribution in [0.25, 0.3) is 0 Å². The molecule has 5 heteroatoms. The Balaban J connectivity index is 2.84. The number of nitrogens with one attached hydrogen (secondary N) is 1. The summed E-state index contributed by atoms with van der Waals surface area (Å²) in [4.78, 5) is 20.5. The van der Waals surface area contributed by atoms with Crippen LogP contribution in [0, 0.1) is 5.92 Å². The fourth-order valence-electron chi connectivity index (χ4n) is 1.92. The summed E-state index contributed by atoms with van der Waals surface area (Å²) in [6.07, 6.45) is 2.43. The molecule has 0 saturated heterocycles. The lowest BCUT2D eigenvalue weighted by atomic mass is 10.1. The Morgan fingerprint density at radius 3 is 2.47 bits per heavy atom. The van der Waals surface area contributed by atoms with Crippen LogP contribution < -0.4 is 11.1 Å². The van der Waals surface area contributed by atoms with E-state index in [-0.39, 0.29) is 23.6 Å². The van der Waals surface area contributed by atoms with Crippen molar-refractivity contribution in [3.63, 3.8) is 0 Å². The molecule has 0 spiro atoms. The van der Waals surface area contributed by atoms with Crippen molar-refractivity contribution in [3.8, 4) is 0 Å². The number of carbonyl (C=O) groups is 1. The summed E-state index contributed by atoms with van der Waals surface area (Å²) in [5.41, 5.74) is 6.37. The molecule has 1 aromatic heterocycles. The van der Waals surface area contributed by atoms with Gasteiger partial charge in [-0.2, -0.15) is 0 Å². The fourth-order valence-corrected chi connectivity index (χ4v) is 1.92. The topological polar surface area (TPSA) is 80.9 Å². The molecule has 0 aromatic carbocycles. The van der Waals surface area contributed by atoms with Gasteiger partial charge in [0, 0.05) is 12.0 Å². The Morgan fingerprint density at radius 1 is 1.32 bits per heavy atom. The minimum absolute atomic E-state index is 0.101. The standard InChI is InChI=1S/C14H24N4O/c1-8(2)6-10(5)17-14(19)12-11(15)7-16-13(18-12)9(3)4/h7-10H,6,15H2,1-5H3,(H,17,19). The molecule has 106 valence electrons. The summed E-state index contributed by atoms with van der Waals surface area (Å²) in [5.74, 6) is 1.11. The molecule has 0 fully saturated rings. The normalized spacial score (nSPS) is 12.8. The molecule has 3 N–H and O–H groups in total. The van der Waals surface area contributed by atoms with Crippen LogP contribution in [0.2, 0.25) is 0 Å². The largest absolute Gasteiger partial charge is 0.396 e. The third-order valence-corrected chi connectivity index (χ3v) is 2.77. The molecule has 5 nitrogen and oxygen atoms in total. The van der Waals surface area contributed by atoms with E-state index in [2.05, 4.69) is 29.1 Å². The summed E-state index contributed by atoms with van der Waals surface area (Å²) in [5, 5.41) is 2.93. The summed E-state index contributed by atoms with van der Waals surface area (Å²) in [6, 6.07) is 0.101. The summed E-state index contributed by atoms with van der Waals surface area (Å²) < 4.78 is 0. The SMILES string of the molecule is CC(C)CC(C)NC(=O)c1nc(C(C)C)ncc1N. The molecular formula is C14H24N4O. The van der Waals surface area contributed by atoms with Gasteiger partial charge in [0.2, 0.25) is 0 Å². The van der Waals surface area contributed by atoms with Gasteiger partial charge in [-0.25, -0.2) is 9.97 Å². The highest BCUT2D eigenvalue weighted by atomic mass is 16.2. The highest BCUT2D eigenvalue weighted by Crippen LogP contribution is 2.14. The lowest BCUT2D eigenvalue weighted by Gasteiger charge is -2.16. The van der Waals surface area contributed by atoms with Crippen molar-refractivity contribution < 1.29 is 4.79 Å². The predicted molar refractivity (Wildman–Crippen MR) is 76.9 cm³/mol. The molecule has 1 amide bonds. The summed E-state index contributed by atoms with van der Waals surface area (Å²) in [7, 11) is 0. The lowest BCUT2D eigenvalue weighted by molar-refractivity contribution is 0.0931. The molecule has 1 unspecified atom stereocenters. The molecule has 1 atom stereocenters. The molecular weight excluding hydrogens is 240 g/mol. The maximum atomic E-state index is 12.2. The molecule has 19 heavy (non-hydrogen) atoms. The highest BCUT2D eigenvalue weighted by molar-refractivity contribution is 5.97. The van der Waals surface area contributed by atoms with Crippen molar-refractivity contribution >= 4 is 11.6 Å². The number of rotatable bonds is 5.